The van der Waals surface area contributed by atoms with Gasteiger partial charge in [-0.25, -0.2) is 0 Å². The van der Waals surface area contributed by atoms with Crippen LogP contribution in [0, 0.1) is 5.41 Å². The summed E-state index contributed by atoms with van der Waals surface area (Å²) in [5, 5.41) is 3.36. The number of hydrogen-bond donors (Lipinski definition) is 1. The molecule has 0 spiro atoms. The van der Waals surface area contributed by atoms with E-state index in [1.807, 2.05) is 0 Å². The first-order valence-corrected chi connectivity index (χ1v) is 7.26. The summed E-state index contributed by atoms with van der Waals surface area (Å²) in [6.45, 7) is 7.70. The molecule has 2 rings (SSSR count). The summed E-state index contributed by atoms with van der Waals surface area (Å²) in [5.41, 5.74) is 0.368. The van der Waals surface area contributed by atoms with E-state index in [9.17, 15) is 0 Å². The van der Waals surface area contributed by atoms with Crippen molar-refractivity contribution in [2.45, 2.75) is 45.1 Å². The van der Waals surface area contributed by atoms with E-state index in [2.05, 4.69) is 24.2 Å². The second-order valence-corrected chi connectivity index (χ2v) is 5.83. The highest BCUT2D eigenvalue weighted by Gasteiger charge is 2.37. The molecule has 0 aromatic heterocycles. The Morgan fingerprint density at radius 1 is 1.35 bits per heavy atom. The van der Waals surface area contributed by atoms with Crippen molar-refractivity contribution in [1.29, 1.82) is 0 Å². The Balaban J connectivity index is 1.94. The van der Waals surface area contributed by atoms with Gasteiger partial charge in [-0.2, -0.15) is 0 Å². The fourth-order valence-electron chi connectivity index (χ4n) is 3.54. The molecule has 0 radical (unpaired) electrons. The average Bonchev–Trinajstić information content (AvgIpc) is 2.97. The Hall–Kier alpha value is -0.120. The van der Waals surface area contributed by atoms with Gasteiger partial charge in [0.1, 0.15) is 0 Å². The lowest BCUT2D eigenvalue weighted by Crippen LogP contribution is -2.47. The lowest BCUT2D eigenvalue weighted by molar-refractivity contribution is 0.0903. The van der Waals surface area contributed by atoms with Crippen LogP contribution in [0.4, 0.5) is 0 Å². The maximum Gasteiger partial charge on any atom is 0.0547 e. The van der Waals surface area contributed by atoms with Gasteiger partial charge in [0.05, 0.1) is 6.61 Å². The quantitative estimate of drug-likeness (QED) is 0.767. The van der Waals surface area contributed by atoms with Crippen molar-refractivity contribution in [2.75, 3.05) is 39.9 Å². The van der Waals surface area contributed by atoms with Gasteiger partial charge in [-0.3, -0.25) is 4.90 Å². The van der Waals surface area contributed by atoms with Crippen LogP contribution in [-0.4, -0.2) is 50.8 Å². The molecule has 0 amide bonds. The zero-order valence-corrected chi connectivity index (χ0v) is 11.5. The summed E-state index contributed by atoms with van der Waals surface area (Å²) in [6, 6.07) is 0.842. The van der Waals surface area contributed by atoms with Crippen LogP contribution in [0.3, 0.4) is 0 Å². The van der Waals surface area contributed by atoms with Crippen molar-refractivity contribution in [3.63, 3.8) is 0 Å². The maximum atomic E-state index is 5.65. The average molecular weight is 240 g/mol. The van der Waals surface area contributed by atoms with Gasteiger partial charge in [-0.05, 0) is 32.9 Å². The molecule has 1 heterocycles. The standard InChI is InChI=1S/C14H28N2O/c1-3-16(13-6-4-5-7-13)11-14(10-15-2)8-9-17-12-14/h13,15H,3-12H2,1-2H3. The van der Waals surface area contributed by atoms with Gasteiger partial charge in [-0.1, -0.05) is 19.8 Å². The van der Waals surface area contributed by atoms with Crippen LogP contribution in [0.2, 0.25) is 0 Å². The molecule has 3 heteroatoms. The molecule has 1 saturated carbocycles. The van der Waals surface area contributed by atoms with E-state index < -0.39 is 0 Å². The second-order valence-electron chi connectivity index (χ2n) is 5.83. The number of rotatable bonds is 6. The van der Waals surface area contributed by atoms with Gasteiger partial charge < -0.3 is 10.1 Å². The molecule has 17 heavy (non-hydrogen) atoms. The molecule has 2 aliphatic rings. The molecule has 0 aromatic carbocycles. The fourth-order valence-corrected chi connectivity index (χ4v) is 3.54. The molecule has 1 atom stereocenters. The lowest BCUT2D eigenvalue weighted by Gasteiger charge is -2.37. The third-order valence-electron chi connectivity index (χ3n) is 4.52. The van der Waals surface area contributed by atoms with Crippen LogP contribution in [0.1, 0.15) is 39.0 Å². The van der Waals surface area contributed by atoms with Gasteiger partial charge in [0.25, 0.3) is 0 Å². The topological polar surface area (TPSA) is 24.5 Å². The molecular formula is C14H28N2O. The van der Waals surface area contributed by atoms with Crippen LogP contribution in [0.5, 0.6) is 0 Å². The summed E-state index contributed by atoms with van der Waals surface area (Å²) >= 11 is 0. The van der Waals surface area contributed by atoms with E-state index >= 15 is 0 Å². The van der Waals surface area contributed by atoms with Gasteiger partial charge >= 0.3 is 0 Å². The third-order valence-corrected chi connectivity index (χ3v) is 4.52. The zero-order valence-electron chi connectivity index (χ0n) is 11.5. The Bertz CT molecular complexity index is 220. The summed E-state index contributed by atoms with van der Waals surface area (Å²) in [4.78, 5) is 2.71. The summed E-state index contributed by atoms with van der Waals surface area (Å²) < 4.78 is 5.65. The normalized spacial score (nSPS) is 30.5. The smallest absolute Gasteiger partial charge is 0.0547 e. The molecule has 3 nitrogen and oxygen atoms in total. The number of nitrogens with zero attached hydrogens (tertiary/aromatic N) is 1. The second kappa shape index (κ2) is 6.17. The molecular weight excluding hydrogens is 212 g/mol. The van der Waals surface area contributed by atoms with E-state index in [0.29, 0.717) is 5.41 Å². The number of nitrogens with one attached hydrogen (secondary N) is 1. The largest absolute Gasteiger partial charge is 0.381 e. The minimum absolute atomic E-state index is 0.368. The van der Waals surface area contributed by atoms with Gasteiger partial charge in [-0.15, -0.1) is 0 Å². The van der Waals surface area contributed by atoms with Crippen LogP contribution < -0.4 is 5.32 Å². The fraction of sp³-hybridized carbons (Fsp3) is 1.00. The SMILES string of the molecule is CCN(CC1(CNC)CCOC1)C1CCCC1. The Kier molecular flexibility index (Phi) is 4.83. The Morgan fingerprint density at radius 3 is 2.65 bits per heavy atom. The van der Waals surface area contributed by atoms with Crippen LogP contribution >= 0.6 is 0 Å². The monoisotopic (exact) mass is 240 g/mol. The summed E-state index contributed by atoms with van der Waals surface area (Å²) in [6.07, 6.45) is 6.89. The highest BCUT2D eigenvalue weighted by atomic mass is 16.5. The van der Waals surface area contributed by atoms with Crippen molar-refractivity contribution in [1.82, 2.24) is 10.2 Å². The van der Waals surface area contributed by atoms with Crippen molar-refractivity contribution in [3.05, 3.63) is 0 Å². The van der Waals surface area contributed by atoms with Crippen molar-refractivity contribution in [2.24, 2.45) is 5.41 Å². The van der Waals surface area contributed by atoms with Crippen molar-refractivity contribution < 1.29 is 4.74 Å². The van der Waals surface area contributed by atoms with E-state index in [1.54, 1.807) is 0 Å². The van der Waals surface area contributed by atoms with E-state index in [-0.39, 0.29) is 0 Å². The summed E-state index contributed by atoms with van der Waals surface area (Å²) in [7, 11) is 2.06. The minimum atomic E-state index is 0.368. The molecule has 0 aromatic rings. The molecule has 1 unspecified atom stereocenters. The molecule has 1 N–H and O–H groups in total. The van der Waals surface area contributed by atoms with E-state index in [4.69, 9.17) is 4.74 Å². The zero-order chi connectivity index (χ0) is 12.1. The highest BCUT2D eigenvalue weighted by Crippen LogP contribution is 2.32. The first kappa shape index (κ1) is 13.3. The molecule has 1 saturated heterocycles. The first-order chi connectivity index (χ1) is 8.29. The predicted octanol–water partition coefficient (Wildman–Crippen LogP) is 1.88. The Morgan fingerprint density at radius 2 is 2.12 bits per heavy atom. The third kappa shape index (κ3) is 3.21. The van der Waals surface area contributed by atoms with E-state index in [1.165, 1.54) is 45.2 Å². The molecule has 1 aliphatic heterocycles. The van der Waals surface area contributed by atoms with Crippen LogP contribution in [0.15, 0.2) is 0 Å². The molecule has 0 bridgehead atoms. The van der Waals surface area contributed by atoms with Crippen molar-refractivity contribution in [3.8, 4) is 0 Å². The van der Waals surface area contributed by atoms with Crippen LogP contribution in [0.25, 0.3) is 0 Å². The van der Waals surface area contributed by atoms with Gasteiger partial charge in [0, 0.05) is 31.2 Å². The van der Waals surface area contributed by atoms with Crippen molar-refractivity contribution >= 4 is 0 Å². The lowest BCUT2D eigenvalue weighted by atomic mass is 9.86. The van der Waals surface area contributed by atoms with Gasteiger partial charge in [0.2, 0.25) is 0 Å². The molecule has 1 aliphatic carbocycles. The highest BCUT2D eigenvalue weighted by molar-refractivity contribution is 4.90. The minimum Gasteiger partial charge on any atom is -0.381 e. The predicted molar refractivity (Wildman–Crippen MR) is 71.3 cm³/mol. The number of hydrogen-bond acceptors (Lipinski definition) is 3. The summed E-state index contributed by atoms with van der Waals surface area (Å²) in [5.74, 6) is 0. The molecule has 100 valence electrons. The first-order valence-electron chi connectivity index (χ1n) is 7.26. The van der Waals surface area contributed by atoms with Crippen LogP contribution in [-0.2, 0) is 4.74 Å². The Labute approximate surface area is 106 Å². The maximum absolute atomic E-state index is 5.65. The van der Waals surface area contributed by atoms with E-state index in [0.717, 1.165) is 25.8 Å². The number of ether oxygens (including phenoxy) is 1. The molecule has 2 fully saturated rings. The van der Waals surface area contributed by atoms with Gasteiger partial charge in [0.15, 0.2) is 0 Å².